The highest BCUT2D eigenvalue weighted by molar-refractivity contribution is 7.14. The molecule has 0 radical (unpaired) electrons. The van der Waals surface area contributed by atoms with Crippen LogP contribution in [0.1, 0.15) is 10.6 Å². The van der Waals surface area contributed by atoms with Gasteiger partial charge >= 0.3 is 0 Å². The summed E-state index contributed by atoms with van der Waals surface area (Å²) in [4.78, 5) is 17.3. The summed E-state index contributed by atoms with van der Waals surface area (Å²) in [5, 5.41) is 1.04. The standard InChI is InChI=1S/C11H10N4S/c1-6-3-4-12-11-9(6)14-10(15-11)8-5-13-7(2)16-8/h3-5H,1-2H3,(H,12,14,15). The Kier molecular flexibility index (Phi) is 2.00. The van der Waals surface area contributed by atoms with E-state index < -0.39 is 0 Å². The van der Waals surface area contributed by atoms with Crippen LogP contribution in [0.3, 0.4) is 0 Å². The SMILES string of the molecule is Cc1ncc(-c2nc3nccc(C)c3[nH]2)s1. The third-order valence-electron chi connectivity index (χ3n) is 2.46. The molecule has 0 fully saturated rings. The third-order valence-corrected chi connectivity index (χ3v) is 3.37. The highest BCUT2D eigenvalue weighted by Crippen LogP contribution is 2.25. The molecular weight excluding hydrogens is 220 g/mol. The maximum atomic E-state index is 4.46. The van der Waals surface area contributed by atoms with Gasteiger partial charge in [-0.05, 0) is 25.5 Å². The first kappa shape index (κ1) is 9.47. The molecule has 80 valence electrons. The van der Waals surface area contributed by atoms with Crippen LogP contribution in [0.2, 0.25) is 0 Å². The molecule has 0 aromatic carbocycles. The monoisotopic (exact) mass is 230 g/mol. The predicted molar refractivity (Wildman–Crippen MR) is 64.5 cm³/mol. The molecule has 0 saturated carbocycles. The van der Waals surface area contributed by atoms with Gasteiger partial charge in [-0.15, -0.1) is 11.3 Å². The Hall–Kier alpha value is -1.75. The quantitative estimate of drug-likeness (QED) is 0.699. The largest absolute Gasteiger partial charge is 0.336 e. The van der Waals surface area contributed by atoms with Crippen molar-refractivity contribution >= 4 is 22.5 Å². The number of pyridine rings is 1. The van der Waals surface area contributed by atoms with Gasteiger partial charge in [0.05, 0.1) is 15.4 Å². The van der Waals surface area contributed by atoms with Crippen LogP contribution < -0.4 is 0 Å². The number of thiazole rings is 1. The first-order chi connectivity index (χ1) is 7.74. The molecule has 0 amide bonds. The highest BCUT2D eigenvalue weighted by Gasteiger charge is 2.09. The van der Waals surface area contributed by atoms with Crippen molar-refractivity contribution in [2.45, 2.75) is 13.8 Å². The number of imidazole rings is 1. The van der Waals surface area contributed by atoms with Gasteiger partial charge in [-0.25, -0.2) is 15.0 Å². The molecule has 0 aliphatic rings. The minimum atomic E-state index is 0.765. The number of rotatable bonds is 1. The summed E-state index contributed by atoms with van der Waals surface area (Å²) in [5.74, 6) is 0.849. The van der Waals surface area contributed by atoms with Crippen LogP contribution in [-0.2, 0) is 0 Å². The van der Waals surface area contributed by atoms with E-state index in [0.717, 1.165) is 32.4 Å². The zero-order valence-corrected chi connectivity index (χ0v) is 9.80. The van der Waals surface area contributed by atoms with Crippen molar-refractivity contribution < 1.29 is 0 Å². The lowest BCUT2D eigenvalue weighted by atomic mass is 10.3. The molecule has 1 N–H and O–H groups in total. The molecule has 3 heterocycles. The Morgan fingerprint density at radius 1 is 1.25 bits per heavy atom. The van der Waals surface area contributed by atoms with Crippen LogP contribution in [0.15, 0.2) is 18.5 Å². The second-order valence-corrected chi connectivity index (χ2v) is 4.89. The molecule has 0 saturated heterocycles. The fourth-order valence-electron chi connectivity index (χ4n) is 1.62. The van der Waals surface area contributed by atoms with Crippen LogP contribution in [-0.4, -0.2) is 19.9 Å². The van der Waals surface area contributed by atoms with Gasteiger partial charge in [0.2, 0.25) is 0 Å². The summed E-state index contributed by atoms with van der Waals surface area (Å²) in [7, 11) is 0. The topological polar surface area (TPSA) is 54.5 Å². The number of nitrogens with one attached hydrogen (secondary N) is 1. The van der Waals surface area contributed by atoms with Gasteiger partial charge in [-0.2, -0.15) is 0 Å². The van der Waals surface area contributed by atoms with Gasteiger partial charge in [0.1, 0.15) is 0 Å². The minimum Gasteiger partial charge on any atom is -0.336 e. The van der Waals surface area contributed by atoms with Gasteiger partial charge in [0.15, 0.2) is 11.5 Å². The summed E-state index contributed by atoms with van der Waals surface area (Å²) < 4.78 is 0. The van der Waals surface area contributed by atoms with Crippen LogP contribution >= 0.6 is 11.3 Å². The fraction of sp³-hybridized carbons (Fsp3) is 0.182. The molecule has 0 aliphatic heterocycles. The normalized spacial score (nSPS) is 11.1. The maximum Gasteiger partial charge on any atom is 0.178 e. The number of aromatic nitrogens is 4. The fourth-order valence-corrected chi connectivity index (χ4v) is 2.35. The minimum absolute atomic E-state index is 0.765. The van der Waals surface area contributed by atoms with Crippen molar-refractivity contribution in [1.29, 1.82) is 0 Å². The molecule has 0 atom stereocenters. The molecule has 3 rings (SSSR count). The number of nitrogens with zero attached hydrogens (tertiary/aromatic N) is 3. The van der Waals surface area contributed by atoms with E-state index in [9.17, 15) is 0 Å². The molecule has 16 heavy (non-hydrogen) atoms. The Bertz CT molecular complexity index is 653. The molecule has 5 heteroatoms. The average Bonchev–Trinajstić information content (AvgIpc) is 2.84. The van der Waals surface area contributed by atoms with Gasteiger partial charge in [0.25, 0.3) is 0 Å². The molecule has 0 bridgehead atoms. The van der Waals surface area contributed by atoms with Crippen molar-refractivity contribution in [3.05, 3.63) is 29.0 Å². The average molecular weight is 230 g/mol. The summed E-state index contributed by atoms with van der Waals surface area (Å²) in [6.07, 6.45) is 3.62. The summed E-state index contributed by atoms with van der Waals surface area (Å²) in [6, 6.07) is 1.97. The Morgan fingerprint density at radius 3 is 2.81 bits per heavy atom. The Morgan fingerprint density at radius 2 is 2.12 bits per heavy atom. The number of aryl methyl sites for hydroxylation is 2. The molecule has 0 spiro atoms. The summed E-state index contributed by atoms with van der Waals surface area (Å²) in [5.41, 5.74) is 2.93. The molecule has 0 unspecified atom stereocenters. The number of hydrogen-bond donors (Lipinski definition) is 1. The van der Waals surface area contributed by atoms with Crippen molar-refractivity contribution in [2.75, 3.05) is 0 Å². The number of hydrogen-bond acceptors (Lipinski definition) is 4. The van der Waals surface area contributed by atoms with E-state index in [0.29, 0.717) is 0 Å². The van der Waals surface area contributed by atoms with E-state index in [2.05, 4.69) is 19.9 Å². The lowest BCUT2D eigenvalue weighted by Crippen LogP contribution is -1.78. The van der Waals surface area contributed by atoms with E-state index in [1.807, 2.05) is 26.1 Å². The highest BCUT2D eigenvalue weighted by atomic mass is 32.1. The molecule has 4 nitrogen and oxygen atoms in total. The lowest BCUT2D eigenvalue weighted by molar-refractivity contribution is 1.28. The zero-order chi connectivity index (χ0) is 11.1. The number of fused-ring (bicyclic) bond motifs is 1. The lowest BCUT2D eigenvalue weighted by Gasteiger charge is -1.90. The van der Waals surface area contributed by atoms with Crippen molar-refractivity contribution in [2.24, 2.45) is 0 Å². The predicted octanol–water partition coefficient (Wildman–Crippen LogP) is 2.70. The van der Waals surface area contributed by atoms with E-state index in [-0.39, 0.29) is 0 Å². The van der Waals surface area contributed by atoms with E-state index in [1.165, 1.54) is 0 Å². The maximum absolute atomic E-state index is 4.46. The smallest absolute Gasteiger partial charge is 0.178 e. The molecule has 3 aromatic rings. The van der Waals surface area contributed by atoms with Gasteiger partial charge in [-0.3, -0.25) is 0 Å². The summed E-state index contributed by atoms with van der Waals surface area (Å²) in [6.45, 7) is 4.03. The van der Waals surface area contributed by atoms with Crippen LogP contribution in [0.4, 0.5) is 0 Å². The Balaban J connectivity index is 2.22. The first-order valence-electron chi connectivity index (χ1n) is 4.98. The third kappa shape index (κ3) is 1.40. The molecule has 0 aliphatic carbocycles. The van der Waals surface area contributed by atoms with E-state index in [1.54, 1.807) is 17.5 Å². The van der Waals surface area contributed by atoms with E-state index in [4.69, 9.17) is 0 Å². The van der Waals surface area contributed by atoms with Crippen molar-refractivity contribution in [1.82, 2.24) is 19.9 Å². The van der Waals surface area contributed by atoms with Crippen LogP contribution in [0.25, 0.3) is 21.9 Å². The van der Waals surface area contributed by atoms with E-state index >= 15 is 0 Å². The van der Waals surface area contributed by atoms with Crippen molar-refractivity contribution in [3.8, 4) is 10.7 Å². The summed E-state index contributed by atoms with van der Waals surface area (Å²) >= 11 is 1.63. The number of H-pyrrole nitrogens is 1. The van der Waals surface area contributed by atoms with Crippen LogP contribution in [0.5, 0.6) is 0 Å². The van der Waals surface area contributed by atoms with Crippen LogP contribution in [0, 0.1) is 13.8 Å². The van der Waals surface area contributed by atoms with Crippen molar-refractivity contribution in [3.63, 3.8) is 0 Å². The first-order valence-corrected chi connectivity index (χ1v) is 5.80. The second-order valence-electron chi connectivity index (χ2n) is 3.66. The van der Waals surface area contributed by atoms with Gasteiger partial charge in [-0.1, -0.05) is 0 Å². The second kappa shape index (κ2) is 3.38. The molecular formula is C11H10N4S. The van der Waals surface area contributed by atoms with Gasteiger partial charge in [0, 0.05) is 12.4 Å². The zero-order valence-electron chi connectivity index (χ0n) is 8.98. The number of aromatic amines is 1. The van der Waals surface area contributed by atoms with Gasteiger partial charge < -0.3 is 4.98 Å². The Labute approximate surface area is 96.4 Å². The molecule has 3 aromatic heterocycles.